The smallest absolute Gasteiger partial charge is 0.151 e. The second-order valence-corrected chi connectivity index (χ2v) is 8.69. The van der Waals surface area contributed by atoms with Crippen LogP contribution in [0.1, 0.15) is 25.7 Å². The highest BCUT2D eigenvalue weighted by atomic mass is 15.4. The summed E-state index contributed by atoms with van der Waals surface area (Å²) in [5, 5.41) is 29.8. The average molecular weight is 416 g/mol. The van der Waals surface area contributed by atoms with Crippen LogP contribution < -0.4 is 10.2 Å². The molecule has 3 atom stereocenters. The number of aryl methyl sites for hydroxylation is 1. The van der Waals surface area contributed by atoms with Crippen molar-refractivity contribution in [2.24, 2.45) is 7.05 Å². The minimum atomic E-state index is 0.518. The van der Waals surface area contributed by atoms with E-state index in [0.29, 0.717) is 18.1 Å². The molecule has 1 aromatic carbocycles. The highest BCUT2D eigenvalue weighted by molar-refractivity contribution is 6.01. The van der Waals surface area contributed by atoms with Gasteiger partial charge in [0.15, 0.2) is 5.82 Å². The lowest BCUT2D eigenvalue weighted by Crippen LogP contribution is -2.47. The van der Waals surface area contributed by atoms with Gasteiger partial charge in [-0.25, -0.2) is 0 Å². The Kier molecular flexibility index (Phi) is 4.24. The molecule has 4 aromatic rings. The largest absolute Gasteiger partial charge is 0.355 e. The lowest BCUT2D eigenvalue weighted by Gasteiger charge is -2.36. The summed E-state index contributed by atoms with van der Waals surface area (Å²) in [7, 11) is 3.95. The summed E-state index contributed by atoms with van der Waals surface area (Å²) < 4.78 is 0. The molecule has 2 N–H and O–H groups in total. The molecule has 0 amide bonds. The van der Waals surface area contributed by atoms with Gasteiger partial charge in [0.2, 0.25) is 0 Å². The number of fused-ring (bicyclic) bond motifs is 3. The molecular formula is C22H25N9. The van der Waals surface area contributed by atoms with Crippen molar-refractivity contribution < 1.29 is 0 Å². The lowest BCUT2D eigenvalue weighted by atomic mass is 9.98. The number of nitrogens with one attached hydrogen (secondary N) is 2. The number of aromatic amines is 1. The third kappa shape index (κ3) is 3.16. The van der Waals surface area contributed by atoms with E-state index in [1.165, 1.54) is 25.7 Å². The van der Waals surface area contributed by atoms with Crippen molar-refractivity contribution in [3.05, 3.63) is 36.7 Å². The number of anilines is 1. The molecule has 31 heavy (non-hydrogen) atoms. The maximum absolute atomic E-state index is 4.57. The number of nitrogens with zero attached hydrogens (tertiary/aromatic N) is 7. The van der Waals surface area contributed by atoms with Gasteiger partial charge < -0.3 is 10.2 Å². The Bertz CT molecular complexity index is 1210. The van der Waals surface area contributed by atoms with Gasteiger partial charge in [-0.3, -0.25) is 5.10 Å². The van der Waals surface area contributed by atoms with E-state index >= 15 is 0 Å². The van der Waals surface area contributed by atoms with Gasteiger partial charge in [0, 0.05) is 48.7 Å². The van der Waals surface area contributed by atoms with E-state index in [9.17, 15) is 0 Å². The summed E-state index contributed by atoms with van der Waals surface area (Å²) in [5.41, 5.74) is 4.53. The van der Waals surface area contributed by atoms with Gasteiger partial charge >= 0.3 is 0 Å². The summed E-state index contributed by atoms with van der Waals surface area (Å²) in [6, 6.07) is 10.0. The van der Waals surface area contributed by atoms with Crippen LogP contribution >= 0.6 is 0 Å². The first-order chi connectivity index (χ1) is 15.2. The zero-order valence-electron chi connectivity index (χ0n) is 17.7. The van der Waals surface area contributed by atoms with Gasteiger partial charge in [0.1, 0.15) is 5.69 Å². The Morgan fingerprint density at radius 1 is 0.968 bits per heavy atom. The van der Waals surface area contributed by atoms with Crippen LogP contribution in [0.3, 0.4) is 0 Å². The predicted octanol–water partition coefficient (Wildman–Crippen LogP) is 2.53. The topological polar surface area (TPSA) is 100 Å². The summed E-state index contributed by atoms with van der Waals surface area (Å²) in [4.78, 5) is 3.86. The maximum Gasteiger partial charge on any atom is 0.151 e. The first-order valence-corrected chi connectivity index (χ1v) is 10.8. The van der Waals surface area contributed by atoms with Crippen LogP contribution in [0.2, 0.25) is 0 Å². The van der Waals surface area contributed by atoms with Crippen molar-refractivity contribution in [2.75, 3.05) is 11.9 Å². The Labute approximate surface area is 179 Å². The fraction of sp³-hybridized carbons (Fsp3) is 0.409. The molecule has 0 radical (unpaired) electrons. The van der Waals surface area contributed by atoms with Gasteiger partial charge in [0.05, 0.1) is 23.6 Å². The zero-order chi connectivity index (χ0) is 20.9. The van der Waals surface area contributed by atoms with Gasteiger partial charge in [-0.2, -0.15) is 20.1 Å². The van der Waals surface area contributed by atoms with Gasteiger partial charge in [-0.1, -0.05) is 6.07 Å². The van der Waals surface area contributed by atoms with Gasteiger partial charge in [-0.05, 0) is 43.9 Å². The van der Waals surface area contributed by atoms with Crippen molar-refractivity contribution >= 4 is 16.7 Å². The lowest BCUT2D eigenvalue weighted by molar-refractivity contribution is 0.353. The monoisotopic (exact) mass is 415 g/mol. The minimum absolute atomic E-state index is 0.518. The summed E-state index contributed by atoms with van der Waals surface area (Å²) in [5.74, 6) is 0.923. The Morgan fingerprint density at radius 2 is 1.77 bits per heavy atom. The van der Waals surface area contributed by atoms with Gasteiger partial charge in [-0.15, -0.1) is 10.2 Å². The van der Waals surface area contributed by atoms with E-state index in [0.717, 1.165) is 39.2 Å². The first-order valence-electron chi connectivity index (χ1n) is 10.8. The van der Waals surface area contributed by atoms with Crippen LogP contribution in [0.25, 0.3) is 33.4 Å². The van der Waals surface area contributed by atoms with Crippen LogP contribution in [0, 0.1) is 0 Å². The van der Waals surface area contributed by atoms with E-state index in [-0.39, 0.29) is 0 Å². The van der Waals surface area contributed by atoms with Crippen molar-refractivity contribution in [2.45, 2.75) is 43.8 Å². The molecule has 0 saturated carbocycles. The highest BCUT2D eigenvalue weighted by Gasteiger charge is 2.35. The number of aromatic nitrogens is 7. The minimum Gasteiger partial charge on any atom is -0.355 e. The Hall–Kier alpha value is -3.33. The van der Waals surface area contributed by atoms with Crippen LogP contribution in [0.5, 0.6) is 0 Å². The molecule has 158 valence electrons. The molecule has 2 aliphatic heterocycles. The molecule has 2 aliphatic rings. The van der Waals surface area contributed by atoms with E-state index in [1.807, 2.05) is 31.4 Å². The van der Waals surface area contributed by atoms with E-state index < -0.39 is 0 Å². The molecule has 3 aromatic heterocycles. The van der Waals surface area contributed by atoms with Crippen molar-refractivity contribution in [1.82, 2.24) is 40.7 Å². The van der Waals surface area contributed by atoms with Gasteiger partial charge in [0.25, 0.3) is 0 Å². The molecule has 0 spiro atoms. The van der Waals surface area contributed by atoms with Crippen LogP contribution in [-0.4, -0.2) is 60.6 Å². The van der Waals surface area contributed by atoms with Crippen LogP contribution in [0.4, 0.5) is 5.82 Å². The number of rotatable bonds is 4. The van der Waals surface area contributed by atoms with E-state index in [2.05, 4.69) is 53.9 Å². The average Bonchev–Trinajstić information content (AvgIpc) is 3.53. The molecule has 0 aliphatic carbocycles. The van der Waals surface area contributed by atoms with Crippen LogP contribution in [0.15, 0.2) is 36.7 Å². The van der Waals surface area contributed by atoms with Crippen molar-refractivity contribution in [3.8, 4) is 22.5 Å². The number of hydrogen-bond donors (Lipinski definition) is 2. The number of piperidine rings is 1. The highest BCUT2D eigenvalue weighted by Crippen LogP contribution is 2.34. The van der Waals surface area contributed by atoms with Crippen LogP contribution in [-0.2, 0) is 7.05 Å². The second kappa shape index (κ2) is 7.12. The third-order valence-electron chi connectivity index (χ3n) is 6.77. The molecule has 2 fully saturated rings. The maximum atomic E-state index is 4.57. The molecule has 2 bridgehead atoms. The molecular weight excluding hydrogens is 390 g/mol. The SMILES string of the molecule is CN(c1ccc(-c2ccc(-c3cnn(C)n3)c3cn[nH]c23)nn1)C1C[C@H]2CC[C@@H](C1)N2. The molecule has 5 heterocycles. The number of hydrogen-bond acceptors (Lipinski definition) is 7. The zero-order valence-corrected chi connectivity index (χ0v) is 17.7. The van der Waals surface area contributed by atoms with E-state index in [4.69, 9.17) is 0 Å². The number of benzene rings is 1. The third-order valence-corrected chi connectivity index (χ3v) is 6.77. The van der Waals surface area contributed by atoms with E-state index in [1.54, 1.807) is 11.0 Å². The Morgan fingerprint density at radius 3 is 2.48 bits per heavy atom. The standard InChI is InChI=1S/C22H25N9/c1-30(15-9-13-3-4-14(10-15)25-13)21-8-7-19(26-27-21)17-6-5-16(18-11-23-28-22(17)18)20-12-24-31(2)29-20/h5-8,11-15,25H,3-4,9-10H2,1-2H3,(H,23,28)/t13-,14+,15?. The quantitative estimate of drug-likeness (QED) is 0.528. The van der Waals surface area contributed by atoms with Crippen molar-refractivity contribution in [1.29, 1.82) is 0 Å². The summed E-state index contributed by atoms with van der Waals surface area (Å²) in [6.07, 6.45) is 8.53. The molecule has 1 unspecified atom stereocenters. The normalized spacial score (nSPS) is 22.8. The molecule has 9 heteroatoms. The molecule has 6 rings (SSSR count). The predicted molar refractivity (Wildman–Crippen MR) is 118 cm³/mol. The second-order valence-electron chi connectivity index (χ2n) is 8.69. The summed E-state index contributed by atoms with van der Waals surface area (Å²) >= 11 is 0. The van der Waals surface area contributed by atoms with Crippen molar-refractivity contribution in [3.63, 3.8) is 0 Å². The molecule has 2 saturated heterocycles. The molecule has 9 nitrogen and oxygen atoms in total. The first kappa shape index (κ1) is 18.4. The summed E-state index contributed by atoms with van der Waals surface area (Å²) in [6.45, 7) is 0. The fourth-order valence-electron chi connectivity index (χ4n) is 5.13. The number of H-pyrrole nitrogens is 1. The Balaban J connectivity index is 1.30. The fourth-order valence-corrected chi connectivity index (χ4v) is 5.13.